The van der Waals surface area contributed by atoms with Gasteiger partial charge in [0, 0.05) is 62.3 Å². The number of aromatic nitrogens is 2. The Kier molecular flexibility index (Phi) is 9.98. The molecule has 0 aliphatic carbocycles. The predicted molar refractivity (Wildman–Crippen MR) is 160 cm³/mol. The zero-order valence-electron chi connectivity index (χ0n) is 24.8. The smallest absolute Gasteiger partial charge is 0.311 e. The molecular weight excluding hydrogens is 552 g/mol. The number of benzene rings is 2. The Labute approximate surface area is 251 Å². The highest BCUT2D eigenvalue weighted by atomic mass is 16.6. The molecule has 11 nitrogen and oxygen atoms in total. The highest BCUT2D eigenvalue weighted by Crippen LogP contribution is 2.58. The average molecular weight is 593 g/mol. The van der Waals surface area contributed by atoms with Gasteiger partial charge < -0.3 is 24.8 Å². The summed E-state index contributed by atoms with van der Waals surface area (Å²) >= 11 is 0. The number of non-ortho nitro benzene ring substituents is 1. The van der Waals surface area contributed by atoms with Gasteiger partial charge >= 0.3 is 11.9 Å². The fraction of sp³-hybridized carbons (Fsp3) is 0.469. The number of carbonyl (C=O) groups is 2. The van der Waals surface area contributed by atoms with Crippen molar-refractivity contribution in [2.45, 2.75) is 71.0 Å². The van der Waals surface area contributed by atoms with Crippen LogP contribution < -0.4 is 5.32 Å². The second-order valence-electron chi connectivity index (χ2n) is 11.5. The molecule has 0 radical (unpaired) electrons. The van der Waals surface area contributed by atoms with E-state index in [0.717, 1.165) is 19.4 Å². The quantitative estimate of drug-likeness (QED) is 0.135. The zero-order chi connectivity index (χ0) is 31.2. The number of nitro groups is 1. The van der Waals surface area contributed by atoms with Crippen molar-refractivity contribution in [2.75, 3.05) is 13.2 Å². The third-order valence-corrected chi connectivity index (χ3v) is 9.23. The van der Waals surface area contributed by atoms with Crippen LogP contribution in [0.5, 0.6) is 0 Å². The zero-order valence-corrected chi connectivity index (χ0v) is 24.8. The van der Waals surface area contributed by atoms with Crippen molar-refractivity contribution in [3.63, 3.8) is 0 Å². The Morgan fingerprint density at radius 3 is 2.33 bits per heavy atom. The summed E-state index contributed by atoms with van der Waals surface area (Å²) in [4.78, 5) is 41.3. The lowest BCUT2D eigenvalue weighted by molar-refractivity contribution is -0.385. The molecule has 0 saturated carbocycles. The Bertz CT molecular complexity index is 1410. The van der Waals surface area contributed by atoms with E-state index in [9.17, 15) is 29.9 Å². The van der Waals surface area contributed by atoms with Crippen molar-refractivity contribution in [1.29, 1.82) is 0 Å². The Morgan fingerprint density at radius 1 is 1.05 bits per heavy atom. The first-order valence-electron chi connectivity index (χ1n) is 14.6. The maximum atomic E-state index is 13.2. The molecule has 3 aromatic rings. The third-order valence-electron chi connectivity index (χ3n) is 9.23. The normalized spacial score (nSPS) is 25.3. The van der Waals surface area contributed by atoms with Crippen LogP contribution in [-0.4, -0.2) is 61.9 Å². The van der Waals surface area contributed by atoms with Crippen LogP contribution in [0.4, 0.5) is 5.69 Å². The second-order valence-corrected chi connectivity index (χ2v) is 11.5. The maximum absolute atomic E-state index is 13.2. The van der Waals surface area contributed by atoms with Crippen LogP contribution >= 0.6 is 0 Å². The van der Waals surface area contributed by atoms with Gasteiger partial charge in [-0.25, -0.2) is 4.98 Å². The SMILES string of the molecule is CCC1(C(=O)O)C(C)NC(C)C(CCOCCCc2ccc(Cn3ccnc3)cc2)(C(=O)O)C1c1cccc([N+](=O)[O-])c1. The summed E-state index contributed by atoms with van der Waals surface area (Å²) < 4.78 is 7.95. The molecule has 0 amide bonds. The number of aryl methyl sites for hydroxylation is 1. The Hall–Kier alpha value is -4.09. The topological polar surface area (TPSA) is 157 Å². The minimum absolute atomic E-state index is 0.0363. The number of nitrogens with one attached hydrogen (secondary N) is 1. The summed E-state index contributed by atoms with van der Waals surface area (Å²) in [6.45, 7) is 6.46. The van der Waals surface area contributed by atoms with Gasteiger partial charge in [-0.2, -0.15) is 0 Å². The fourth-order valence-electron chi connectivity index (χ4n) is 6.92. The number of carboxylic acids is 2. The molecule has 4 rings (SSSR count). The van der Waals surface area contributed by atoms with Crippen LogP contribution in [-0.2, 0) is 27.3 Å². The molecule has 1 aliphatic rings. The lowest BCUT2D eigenvalue weighted by Gasteiger charge is -2.57. The van der Waals surface area contributed by atoms with E-state index >= 15 is 0 Å². The van der Waals surface area contributed by atoms with Gasteiger partial charge in [-0.3, -0.25) is 19.7 Å². The summed E-state index contributed by atoms with van der Waals surface area (Å²) in [6, 6.07) is 12.9. The van der Waals surface area contributed by atoms with E-state index < -0.39 is 45.7 Å². The Morgan fingerprint density at radius 2 is 1.72 bits per heavy atom. The lowest BCUT2D eigenvalue weighted by atomic mass is 9.50. The van der Waals surface area contributed by atoms with Gasteiger partial charge in [-0.05, 0) is 56.2 Å². The van der Waals surface area contributed by atoms with Gasteiger partial charge in [0.25, 0.3) is 5.69 Å². The molecule has 3 N–H and O–H groups in total. The first kappa shape index (κ1) is 31.8. The van der Waals surface area contributed by atoms with E-state index in [1.54, 1.807) is 39.4 Å². The van der Waals surface area contributed by atoms with Crippen LogP contribution in [0, 0.1) is 20.9 Å². The first-order valence-corrected chi connectivity index (χ1v) is 14.6. The standard InChI is InChI=1S/C32H40N4O7/c1-4-31(29(37)38)22(2)34-23(3)32(30(39)40,28(31)26-8-5-9-27(19-26)36(41)42)14-18-43-17-6-7-24-10-12-25(13-11-24)20-35-16-15-33-21-35/h5,8-13,15-16,19,21-23,28,34H,4,6-7,14,17-18,20H2,1-3H3,(H,37,38)(H,39,40). The van der Waals surface area contributed by atoms with E-state index in [2.05, 4.69) is 34.6 Å². The number of hydrogen-bond acceptors (Lipinski definition) is 7. The monoisotopic (exact) mass is 592 g/mol. The minimum Gasteiger partial charge on any atom is -0.481 e. The van der Waals surface area contributed by atoms with E-state index in [1.165, 1.54) is 29.3 Å². The summed E-state index contributed by atoms with van der Waals surface area (Å²) in [5, 5.41) is 36.3. The van der Waals surface area contributed by atoms with Crippen molar-refractivity contribution in [3.8, 4) is 0 Å². The van der Waals surface area contributed by atoms with Crippen LogP contribution in [0.25, 0.3) is 0 Å². The molecule has 1 saturated heterocycles. The van der Waals surface area contributed by atoms with Crippen molar-refractivity contribution >= 4 is 17.6 Å². The van der Waals surface area contributed by atoms with Gasteiger partial charge in [0.15, 0.2) is 0 Å². The summed E-state index contributed by atoms with van der Waals surface area (Å²) in [7, 11) is 0. The number of rotatable bonds is 14. The van der Waals surface area contributed by atoms with E-state index in [4.69, 9.17) is 4.74 Å². The van der Waals surface area contributed by atoms with Crippen LogP contribution in [0.15, 0.2) is 67.3 Å². The summed E-state index contributed by atoms with van der Waals surface area (Å²) in [6.07, 6.45) is 7.13. The van der Waals surface area contributed by atoms with Gasteiger partial charge in [0.1, 0.15) is 0 Å². The third kappa shape index (κ3) is 6.33. The molecule has 0 spiro atoms. The number of nitrogens with zero attached hydrogens (tertiary/aromatic N) is 3. The molecule has 2 heterocycles. The highest BCUT2D eigenvalue weighted by molar-refractivity contribution is 5.84. The fourth-order valence-corrected chi connectivity index (χ4v) is 6.92. The number of piperidine rings is 1. The average Bonchev–Trinajstić information content (AvgIpc) is 3.49. The lowest BCUT2D eigenvalue weighted by Crippen LogP contribution is -2.69. The predicted octanol–water partition coefficient (Wildman–Crippen LogP) is 4.89. The summed E-state index contributed by atoms with van der Waals surface area (Å²) in [5.74, 6) is -3.34. The number of imidazole rings is 1. The molecule has 1 aliphatic heterocycles. The highest BCUT2D eigenvalue weighted by Gasteiger charge is 2.66. The molecule has 11 heteroatoms. The number of aliphatic carboxylic acids is 2. The summed E-state index contributed by atoms with van der Waals surface area (Å²) in [5.41, 5.74) is -0.663. The van der Waals surface area contributed by atoms with Crippen molar-refractivity contribution in [2.24, 2.45) is 10.8 Å². The van der Waals surface area contributed by atoms with Gasteiger partial charge in [0.05, 0.1) is 22.1 Å². The molecule has 1 aromatic heterocycles. The number of ether oxygens (including phenoxy) is 1. The molecule has 0 bridgehead atoms. The first-order chi connectivity index (χ1) is 20.6. The van der Waals surface area contributed by atoms with Crippen molar-refractivity contribution in [1.82, 2.24) is 14.9 Å². The van der Waals surface area contributed by atoms with Gasteiger partial charge in [-0.15, -0.1) is 0 Å². The Balaban J connectivity index is 1.50. The van der Waals surface area contributed by atoms with Crippen LogP contribution in [0.2, 0.25) is 0 Å². The molecule has 5 atom stereocenters. The van der Waals surface area contributed by atoms with Crippen LogP contribution in [0.3, 0.4) is 0 Å². The molecule has 43 heavy (non-hydrogen) atoms. The van der Waals surface area contributed by atoms with E-state index in [1.807, 2.05) is 10.8 Å². The number of nitro benzene ring substituents is 1. The second kappa shape index (κ2) is 13.5. The van der Waals surface area contributed by atoms with Crippen molar-refractivity contribution in [3.05, 3.63) is 94.1 Å². The maximum Gasteiger partial charge on any atom is 0.311 e. The van der Waals surface area contributed by atoms with E-state index in [0.29, 0.717) is 12.2 Å². The molecule has 230 valence electrons. The van der Waals surface area contributed by atoms with Gasteiger partial charge in [0.2, 0.25) is 0 Å². The van der Waals surface area contributed by atoms with Crippen LogP contribution in [0.1, 0.15) is 62.6 Å². The van der Waals surface area contributed by atoms with Gasteiger partial charge in [-0.1, -0.05) is 43.3 Å². The molecular formula is C32H40N4O7. The van der Waals surface area contributed by atoms with Crippen molar-refractivity contribution < 1.29 is 29.5 Å². The number of hydrogen-bond donors (Lipinski definition) is 3. The largest absolute Gasteiger partial charge is 0.481 e. The number of carboxylic acid groups (broad SMARTS) is 2. The molecule has 5 unspecified atom stereocenters. The van der Waals surface area contributed by atoms with E-state index in [-0.39, 0.29) is 25.1 Å². The molecule has 2 aromatic carbocycles. The molecule has 1 fully saturated rings. The minimum atomic E-state index is -1.60.